The third-order valence-electron chi connectivity index (χ3n) is 3.79. The Morgan fingerprint density at radius 3 is 2.86 bits per heavy atom. The number of halogens is 1. The highest BCUT2D eigenvalue weighted by atomic mass is 19.2. The van der Waals surface area contributed by atoms with Gasteiger partial charge in [-0.2, -0.15) is 0 Å². The highest BCUT2D eigenvalue weighted by Gasteiger charge is 2.62. The highest BCUT2D eigenvalue weighted by molar-refractivity contribution is 5.69. The molecule has 4 atom stereocenters. The van der Waals surface area contributed by atoms with Crippen molar-refractivity contribution in [3.05, 3.63) is 22.5 Å². The Balaban J connectivity index is 2.18. The second-order valence-corrected chi connectivity index (χ2v) is 5.52. The first kappa shape index (κ1) is 15.0. The molecule has 4 N–H and O–H groups in total. The molecule has 0 bridgehead atoms. The first-order valence-corrected chi connectivity index (χ1v) is 6.52. The molecular weight excluding hydrogens is 299 g/mol. The van der Waals surface area contributed by atoms with Crippen molar-refractivity contribution < 1.29 is 24.4 Å². The lowest BCUT2D eigenvalue weighted by atomic mass is 9.95. The number of aliphatic hydroxyl groups excluding tert-OH is 2. The van der Waals surface area contributed by atoms with Crippen molar-refractivity contribution in [3.63, 3.8) is 0 Å². The SMILES string of the molecule is Cc1nc2c(ncn2[C@@H]2O[C@](F)(CO)[C@@H](O)[C@@]2(C)O)c(=O)[nH]1. The molecule has 0 aromatic carbocycles. The van der Waals surface area contributed by atoms with Gasteiger partial charge in [-0.3, -0.25) is 9.36 Å². The van der Waals surface area contributed by atoms with Crippen molar-refractivity contribution in [1.29, 1.82) is 0 Å². The average molecular weight is 314 g/mol. The predicted molar refractivity (Wildman–Crippen MR) is 70.6 cm³/mol. The number of aliphatic hydroxyl groups is 3. The second-order valence-electron chi connectivity index (χ2n) is 5.52. The summed E-state index contributed by atoms with van der Waals surface area (Å²) < 4.78 is 20.5. The van der Waals surface area contributed by atoms with E-state index >= 15 is 0 Å². The Labute approximate surface area is 123 Å². The first-order chi connectivity index (χ1) is 10.2. The van der Waals surface area contributed by atoms with Crippen molar-refractivity contribution in [2.45, 2.75) is 37.6 Å². The van der Waals surface area contributed by atoms with Gasteiger partial charge in [0.05, 0.1) is 6.33 Å². The number of aromatic amines is 1. The molecule has 0 saturated carbocycles. The highest BCUT2D eigenvalue weighted by Crippen LogP contribution is 2.45. The number of imidazole rings is 1. The maximum absolute atomic E-state index is 14.3. The summed E-state index contributed by atoms with van der Waals surface area (Å²) >= 11 is 0. The Bertz CT molecular complexity index is 787. The number of H-pyrrole nitrogens is 1. The molecule has 2 aromatic rings. The minimum Gasteiger partial charge on any atom is -0.390 e. The average Bonchev–Trinajstić information content (AvgIpc) is 2.93. The van der Waals surface area contributed by atoms with Gasteiger partial charge in [0.1, 0.15) is 24.1 Å². The van der Waals surface area contributed by atoms with Gasteiger partial charge in [-0.1, -0.05) is 0 Å². The maximum Gasteiger partial charge on any atom is 0.279 e. The lowest BCUT2D eigenvalue weighted by molar-refractivity contribution is -0.206. The van der Waals surface area contributed by atoms with Crippen LogP contribution in [0.4, 0.5) is 4.39 Å². The van der Waals surface area contributed by atoms with Gasteiger partial charge in [0, 0.05) is 0 Å². The van der Waals surface area contributed by atoms with Crippen LogP contribution in [0, 0.1) is 6.92 Å². The molecule has 1 saturated heterocycles. The van der Waals surface area contributed by atoms with Gasteiger partial charge in [-0.25, -0.2) is 14.4 Å². The molecule has 0 spiro atoms. The third-order valence-corrected chi connectivity index (χ3v) is 3.79. The van der Waals surface area contributed by atoms with E-state index in [1.807, 2.05) is 0 Å². The van der Waals surface area contributed by atoms with Gasteiger partial charge in [0.15, 0.2) is 17.4 Å². The number of aryl methyl sites for hydroxylation is 1. The van der Waals surface area contributed by atoms with Gasteiger partial charge in [-0.05, 0) is 13.8 Å². The summed E-state index contributed by atoms with van der Waals surface area (Å²) in [6.07, 6.45) is -2.25. The van der Waals surface area contributed by atoms with Crippen molar-refractivity contribution in [2.24, 2.45) is 0 Å². The number of nitrogens with zero attached hydrogens (tertiary/aromatic N) is 3. The Kier molecular flexibility index (Phi) is 3.11. The van der Waals surface area contributed by atoms with Crippen LogP contribution >= 0.6 is 0 Å². The summed E-state index contributed by atoms with van der Waals surface area (Å²) in [5.41, 5.74) is -2.50. The van der Waals surface area contributed by atoms with E-state index in [-0.39, 0.29) is 11.2 Å². The van der Waals surface area contributed by atoms with Crippen LogP contribution in [-0.4, -0.2) is 59.0 Å². The minimum absolute atomic E-state index is 0.0140. The summed E-state index contributed by atoms with van der Waals surface area (Å²) in [5.74, 6) is -2.54. The van der Waals surface area contributed by atoms with E-state index in [1.54, 1.807) is 6.92 Å². The molecular formula is C12H15FN4O5. The van der Waals surface area contributed by atoms with E-state index in [2.05, 4.69) is 15.0 Å². The summed E-state index contributed by atoms with van der Waals surface area (Å²) in [6.45, 7) is 1.57. The van der Waals surface area contributed by atoms with Gasteiger partial charge >= 0.3 is 0 Å². The molecule has 1 fully saturated rings. The Morgan fingerprint density at radius 2 is 2.27 bits per heavy atom. The molecule has 2 aromatic heterocycles. The van der Waals surface area contributed by atoms with Crippen LogP contribution in [0.15, 0.2) is 11.1 Å². The van der Waals surface area contributed by atoms with Gasteiger partial charge in [0.2, 0.25) is 0 Å². The quantitative estimate of drug-likeness (QED) is 0.543. The van der Waals surface area contributed by atoms with E-state index in [1.165, 1.54) is 0 Å². The molecule has 0 amide bonds. The zero-order valence-electron chi connectivity index (χ0n) is 11.8. The Morgan fingerprint density at radius 1 is 1.59 bits per heavy atom. The first-order valence-electron chi connectivity index (χ1n) is 6.52. The largest absolute Gasteiger partial charge is 0.390 e. The molecule has 10 heteroatoms. The van der Waals surface area contributed by atoms with E-state index in [0.29, 0.717) is 5.82 Å². The normalized spacial score (nSPS) is 35.4. The predicted octanol–water partition coefficient (Wildman–Crippen LogP) is -1.27. The van der Waals surface area contributed by atoms with Crippen molar-refractivity contribution >= 4 is 11.2 Å². The lowest BCUT2D eigenvalue weighted by Crippen LogP contribution is -2.48. The fraction of sp³-hybridized carbons (Fsp3) is 0.583. The molecule has 120 valence electrons. The number of fused-ring (bicyclic) bond motifs is 1. The number of rotatable bonds is 2. The zero-order valence-corrected chi connectivity index (χ0v) is 11.8. The van der Waals surface area contributed by atoms with Crippen LogP contribution in [-0.2, 0) is 4.74 Å². The van der Waals surface area contributed by atoms with Gasteiger partial charge in [-0.15, -0.1) is 0 Å². The van der Waals surface area contributed by atoms with E-state index in [0.717, 1.165) is 17.8 Å². The van der Waals surface area contributed by atoms with Gasteiger partial charge in [0.25, 0.3) is 11.4 Å². The minimum atomic E-state index is -2.83. The van der Waals surface area contributed by atoms with E-state index in [4.69, 9.17) is 9.84 Å². The zero-order chi connectivity index (χ0) is 16.3. The van der Waals surface area contributed by atoms with E-state index < -0.39 is 36.0 Å². The molecule has 0 aliphatic carbocycles. The molecule has 1 aliphatic rings. The molecule has 1 aliphatic heterocycles. The molecule has 3 heterocycles. The summed E-state index contributed by atoms with van der Waals surface area (Å²) in [6, 6.07) is 0. The summed E-state index contributed by atoms with van der Waals surface area (Å²) in [4.78, 5) is 22.2. The second kappa shape index (κ2) is 4.56. The lowest BCUT2D eigenvalue weighted by Gasteiger charge is -2.27. The van der Waals surface area contributed by atoms with Crippen molar-refractivity contribution in [3.8, 4) is 0 Å². The number of ether oxygens (including phenoxy) is 1. The number of alkyl halides is 1. The molecule has 3 rings (SSSR count). The number of hydrogen-bond donors (Lipinski definition) is 4. The van der Waals surface area contributed by atoms with Gasteiger partial charge < -0.3 is 25.0 Å². The molecule has 0 unspecified atom stereocenters. The fourth-order valence-electron chi connectivity index (χ4n) is 2.61. The van der Waals surface area contributed by atoms with Crippen LogP contribution in [0.25, 0.3) is 11.2 Å². The van der Waals surface area contributed by atoms with Crippen LogP contribution < -0.4 is 5.56 Å². The summed E-state index contributed by atoms with van der Waals surface area (Å²) in [7, 11) is 0. The molecule has 9 nitrogen and oxygen atoms in total. The third kappa shape index (κ3) is 1.88. The number of aromatic nitrogens is 4. The molecule has 0 radical (unpaired) electrons. The number of nitrogens with one attached hydrogen (secondary N) is 1. The van der Waals surface area contributed by atoms with Crippen LogP contribution in [0.2, 0.25) is 0 Å². The smallest absolute Gasteiger partial charge is 0.279 e. The fourth-order valence-corrected chi connectivity index (χ4v) is 2.61. The molecule has 22 heavy (non-hydrogen) atoms. The van der Waals surface area contributed by atoms with Crippen molar-refractivity contribution in [1.82, 2.24) is 19.5 Å². The summed E-state index contributed by atoms with van der Waals surface area (Å²) in [5, 5.41) is 29.3. The topological polar surface area (TPSA) is 133 Å². The van der Waals surface area contributed by atoms with E-state index in [9.17, 15) is 19.4 Å². The number of hydrogen-bond acceptors (Lipinski definition) is 7. The van der Waals surface area contributed by atoms with Crippen LogP contribution in [0.5, 0.6) is 0 Å². The standard InChI is InChI=1S/C12H15FN4O5/c1-5-15-7-6(8(19)16-5)14-4-17(7)10-11(2,21)9(20)12(13,3-18)22-10/h4,9-10,18,20-21H,3H2,1-2H3,(H,15,16,19)/t9-,10+,11+,12+/m0/s1. The van der Waals surface area contributed by atoms with Crippen LogP contribution in [0.1, 0.15) is 19.0 Å². The maximum atomic E-state index is 14.3. The van der Waals surface area contributed by atoms with Crippen molar-refractivity contribution in [2.75, 3.05) is 6.61 Å². The Hall–Kier alpha value is -1.88. The monoisotopic (exact) mass is 314 g/mol. The van der Waals surface area contributed by atoms with Crippen LogP contribution in [0.3, 0.4) is 0 Å².